The van der Waals surface area contributed by atoms with Crippen molar-refractivity contribution in [2.45, 2.75) is 57.0 Å². The Morgan fingerprint density at radius 3 is 2.70 bits per heavy atom. The number of nitrogens with zero attached hydrogens (tertiary/aromatic N) is 3. The van der Waals surface area contributed by atoms with Crippen molar-refractivity contribution in [3.63, 3.8) is 0 Å². The second kappa shape index (κ2) is 7.05. The number of benzene rings is 1. The van der Waals surface area contributed by atoms with E-state index in [1.807, 2.05) is 38.1 Å². The Bertz CT molecular complexity index is 1080. The highest BCUT2D eigenvalue weighted by atomic mass is 32.2. The summed E-state index contributed by atoms with van der Waals surface area (Å²) in [5, 5.41) is 0. The zero-order valence-electron chi connectivity index (χ0n) is 15.6. The van der Waals surface area contributed by atoms with Gasteiger partial charge in [0.1, 0.15) is 11.3 Å². The summed E-state index contributed by atoms with van der Waals surface area (Å²) in [4.78, 5) is 9.47. The number of hydrogen-bond donors (Lipinski definition) is 1. The second-order valence-electron chi connectivity index (χ2n) is 7.28. The molecule has 1 aromatic carbocycles. The first-order valence-corrected chi connectivity index (χ1v) is 10.8. The summed E-state index contributed by atoms with van der Waals surface area (Å²) in [5.74, 6) is 0.726. The molecule has 6 nitrogen and oxygen atoms in total. The number of aromatic nitrogens is 3. The van der Waals surface area contributed by atoms with Crippen LogP contribution in [0.15, 0.2) is 41.4 Å². The third-order valence-electron chi connectivity index (χ3n) is 5.25. The summed E-state index contributed by atoms with van der Waals surface area (Å²) >= 11 is 0. The summed E-state index contributed by atoms with van der Waals surface area (Å²) in [7, 11) is -3.61. The lowest BCUT2D eigenvalue weighted by molar-refractivity contribution is 0.502. The highest BCUT2D eigenvalue weighted by Crippen LogP contribution is 2.33. The zero-order valence-corrected chi connectivity index (χ0v) is 16.5. The molecule has 1 aliphatic rings. The highest BCUT2D eigenvalue weighted by Gasteiger charge is 2.24. The summed E-state index contributed by atoms with van der Waals surface area (Å²) in [6.07, 6.45) is 6.30. The van der Waals surface area contributed by atoms with Gasteiger partial charge >= 0.3 is 0 Å². The van der Waals surface area contributed by atoms with E-state index in [4.69, 9.17) is 0 Å². The van der Waals surface area contributed by atoms with Crippen molar-refractivity contribution in [2.24, 2.45) is 0 Å². The molecule has 4 rings (SSSR count). The first kappa shape index (κ1) is 18.1. The van der Waals surface area contributed by atoms with Crippen molar-refractivity contribution >= 4 is 21.2 Å². The Hall–Kier alpha value is -2.25. The third-order valence-corrected chi connectivity index (χ3v) is 6.81. The van der Waals surface area contributed by atoms with Gasteiger partial charge in [0.25, 0.3) is 0 Å². The van der Waals surface area contributed by atoms with E-state index in [1.165, 1.54) is 12.8 Å². The van der Waals surface area contributed by atoms with Crippen LogP contribution >= 0.6 is 0 Å². The Morgan fingerprint density at radius 1 is 1.19 bits per heavy atom. The molecule has 27 heavy (non-hydrogen) atoms. The minimum Gasteiger partial charge on any atom is -0.308 e. The van der Waals surface area contributed by atoms with Gasteiger partial charge < -0.3 is 4.57 Å². The summed E-state index contributed by atoms with van der Waals surface area (Å²) in [5.41, 5.74) is 3.43. The molecule has 0 atom stereocenters. The number of imidazole rings is 1. The van der Waals surface area contributed by atoms with Gasteiger partial charge in [0.2, 0.25) is 10.0 Å². The summed E-state index contributed by atoms with van der Waals surface area (Å²) in [6.45, 7) is 3.93. The largest absolute Gasteiger partial charge is 0.308 e. The van der Waals surface area contributed by atoms with Crippen LogP contribution < -0.4 is 4.72 Å². The monoisotopic (exact) mass is 384 g/mol. The van der Waals surface area contributed by atoms with E-state index in [0.717, 1.165) is 41.0 Å². The number of sulfonamides is 1. The lowest BCUT2D eigenvalue weighted by Gasteiger charge is -2.16. The van der Waals surface area contributed by atoms with E-state index in [2.05, 4.69) is 19.3 Å². The molecule has 1 saturated carbocycles. The Kier molecular flexibility index (Phi) is 4.74. The van der Waals surface area contributed by atoms with E-state index < -0.39 is 10.0 Å². The maximum absolute atomic E-state index is 12.8. The lowest BCUT2D eigenvalue weighted by atomic mass is 10.2. The Balaban J connectivity index is 1.66. The van der Waals surface area contributed by atoms with E-state index in [0.29, 0.717) is 10.9 Å². The van der Waals surface area contributed by atoms with Gasteiger partial charge in [-0.3, -0.25) is 0 Å². The fourth-order valence-corrected chi connectivity index (χ4v) is 5.19. The molecule has 0 aliphatic heterocycles. The van der Waals surface area contributed by atoms with E-state index in [-0.39, 0.29) is 6.54 Å². The quantitative estimate of drug-likeness (QED) is 0.728. The van der Waals surface area contributed by atoms with E-state index in [9.17, 15) is 8.42 Å². The molecule has 7 heteroatoms. The lowest BCUT2D eigenvalue weighted by Crippen LogP contribution is -2.26. The first-order valence-electron chi connectivity index (χ1n) is 9.34. The molecule has 0 unspecified atom stereocenters. The number of hydrogen-bond acceptors (Lipinski definition) is 4. The molecule has 1 fully saturated rings. The number of nitrogens with one attached hydrogen (secondary N) is 1. The molecule has 0 radical (unpaired) electrons. The fraction of sp³-hybridized carbons (Fsp3) is 0.400. The van der Waals surface area contributed by atoms with Crippen molar-refractivity contribution in [3.05, 3.63) is 53.5 Å². The van der Waals surface area contributed by atoms with Crippen molar-refractivity contribution in [1.82, 2.24) is 19.3 Å². The molecule has 0 spiro atoms. The average molecular weight is 385 g/mol. The highest BCUT2D eigenvalue weighted by molar-refractivity contribution is 7.89. The van der Waals surface area contributed by atoms with Crippen LogP contribution in [0, 0.1) is 13.8 Å². The van der Waals surface area contributed by atoms with Crippen LogP contribution in [-0.2, 0) is 16.6 Å². The predicted molar refractivity (Wildman–Crippen MR) is 105 cm³/mol. The topological polar surface area (TPSA) is 76.9 Å². The molecule has 0 saturated heterocycles. The van der Waals surface area contributed by atoms with Gasteiger partial charge in [-0.1, -0.05) is 30.5 Å². The molecule has 2 aromatic heterocycles. The number of fused-ring (bicyclic) bond motifs is 1. The number of rotatable bonds is 5. The van der Waals surface area contributed by atoms with Gasteiger partial charge in [0.05, 0.1) is 11.4 Å². The van der Waals surface area contributed by atoms with Crippen LogP contribution in [-0.4, -0.2) is 23.0 Å². The van der Waals surface area contributed by atoms with Gasteiger partial charge in [-0.2, -0.15) is 0 Å². The Labute approximate surface area is 159 Å². The SMILES string of the molecule is Cc1ccc(S(=O)(=O)NCc2nc3cccnc3n2C2CCCC2)c(C)c1. The van der Waals surface area contributed by atoms with Crippen molar-refractivity contribution in [1.29, 1.82) is 0 Å². The van der Waals surface area contributed by atoms with Crippen molar-refractivity contribution in [3.8, 4) is 0 Å². The minimum absolute atomic E-state index is 0.155. The molecule has 0 amide bonds. The van der Waals surface area contributed by atoms with E-state index >= 15 is 0 Å². The molecule has 0 bridgehead atoms. The van der Waals surface area contributed by atoms with Crippen LogP contribution in [0.4, 0.5) is 0 Å². The normalized spacial score (nSPS) is 15.6. The molecular weight excluding hydrogens is 360 g/mol. The molecule has 2 heterocycles. The van der Waals surface area contributed by atoms with Crippen LogP contribution in [0.25, 0.3) is 11.2 Å². The molecule has 1 aliphatic carbocycles. The van der Waals surface area contributed by atoms with Gasteiger partial charge in [-0.15, -0.1) is 0 Å². The van der Waals surface area contributed by atoms with Crippen molar-refractivity contribution < 1.29 is 8.42 Å². The Morgan fingerprint density at radius 2 is 1.96 bits per heavy atom. The molecule has 3 aromatic rings. The van der Waals surface area contributed by atoms with Gasteiger partial charge in [0, 0.05) is 12.2 Å². The molecule has 142 valence electrons. The van der Waals surface area contributed by atoms with Crippen LogP contribution in [0.2, 0.25) is 0 Å². The zero-order chi connectivity index (χ0) is 19.0. The minimum atomic E-state index is -3.61. The second-order valence-corrected chi connectivity index (χ2v) is 9.01. The molecular formula is C20H24N4O2S. The van der Waals surface area contributed by atoms with Crippen LogP contribution in [0.5, 0.6) is 0 Å². The summed E-state index contributed by atoms with van der Waals surface area (Å²) in [6, 6.07) is 9.49. The number of aryl methyl sites for hydroxylation is 2. The predicted octanol–water partition coefficient (Wildman–Crippen LogP) is 3.64. The van der Waals surface area contributed by atoms with Crippen LogP contribution in [0.1, 0.15) is 48.7 Å². The van der Waals surface area contributed by atoms with E-state index in [1.54, 1.807) is 12.3 Å². The maximum atomic E-state index is 12.8. The number of pyridine rings is 1. The van der Waals surface area contributed by atoms with Gasteiger partial charge in [0.15, 0.2) is 5.65 Å². The maximum Gasteiger partial charge on any atom is 0.241 e. The average Bonchev–Trinajstić information content (AvgIpc) is 3.26. The third kappa shape index (κ3) is 3.49. The molecule has 1 N–H and O–H groups in total. The smallest absolute Gasteiger partial charge is 0.241 e. The van der Waals surface area contributed by atoms with Crippen molar-refractivity contribution in [2.75, 3.05) is 0 Å². The first-order chi connectivity index (χ1) is 13.0. The standard InChI is InChI=1S/C20H24N4O2S/c1-14-9-10-18(15(2)12-14)27(25,26)22-13-19-23-17-8-5-11-21-20(17)24(19)16-6-3-4-7-16/h5,8-12,16,22H,3-4,6-7,13H2,1-2H3. The van der Waals surface area contributed by atoms with Gasteiger partial charge in [-0.05, 0) is 50.5 Å². The van der Waals surface area contributed by atoms with Gasteiger partial charge in [-0.25, -0.2) is 23.1 Å². The van der Waals surface area contributed by atoms with Crippen LogP contribution in [0.3, 0.4) is 0 Å². The fourth-order valence-electron chi connectivity index (χ4n) is 3.99. The summed E-state index contributed by atoms with van der Waals surface area (Å²) < 4.78 is 30.5.